The molecule has 9 heteroatoms. The first kappa shape index (κ1) is 24.0. The number of aromatic nitrogens is 4. The van der Waals surface area contributed by atoms with Gasteiger partial charge in [0.1, 0.15) is 37.2 Å². The number of amides is 1. The Hall–Kier alpha value is -4.32. The molecule has 2 aliphatic carbocycles. The van der Waals surface area contributed by atoms with Gasteiger partial charge in [0, 0.05) is 17.1 Å². The largest absolute Gasteiger partial charge is 0.492 e. The van der Waals surface area contributed by atoms with Crippen LogP contribution in [0.1, 0.15) is 50.6 Å². The Morgan fingerprint density at radius 2 is 2.00 bits per heavy atom. The minimum absolute atomic E-state index is 0.0675. The summed E-state index contributed by atoms with van der Waals surface area (Å²) in [5, 5.41) is 18.1. The maximum Gasteiger partial charge on any atom is 0.411 e. The van der Waals surface area contributed by atoms with Crippen molar-refractivity contribution in [2.45, 2.75) is 57.7 Å². The van der Waals surface area contributed by atoms with E-state index in [2.05, 4.69) is 32.1 Å². The summed E-state index contributed by atoms with van der Waals surface area (Å²) in [4.78, 5) is 16.2. The second kappa shape index (κ2) is 10.2. The van der Waals surface area contributed by atoms with Gasteiger partial charge in [-0.05, 0) is 80.8 Å². The third-order valence-corrected chi connectivity index (χ3v) is 7.57. The van der Waals surface area contributed by atoms with Gasteiger partial charge in [-0.15, -0.1) is 0 Å². The molecule has 2 fully saturated rings. The van der Waals surface area contributed by atoms with Crippen molar-refractivity contribution in [2.75, 3.05) is 11.9 Å². The molecule has 2 saturated carbocycles. The lowest BCUT2D eigenvalue weighted by molar-refractivity contribution is 0.108. The monoisotopic (exact) mass is 510 g/mol. The molecule has 0 spiro atoms. The molecule has 0 aliphatic heterocycles. The number of hydrogen-bond acceptors (Lipinski definition) is 6. The van der Waals surface area contributed by atoms with E-state index in [4.69, 9.17) is 9.47 Å². The summed E-state index contributed by atoms with van der Waals surface area (Å²) in [6.07, 6.45) is 8.25. The van der Waals surface area contributed by atoms with Gasteiger partial charge in [0.05, 0.1) is 23.3 Å². The van der Waals surface area contributed by atoms with E-state index in [-0.39, 0.29) is 6.10 Å². The topological polar surface area (TPSA) is 107 Å². The maximum absolute atomic E-state index is 12.3. The Labute approximate surface area is 221 Å². The number of ether oxygens (including phenoxy) is 2. The predicted octanol–water partition coefficient (Wildman–Crippen LogP) is 5.92. The zero-order valence-corrected chi connectivity index (χ0v) is 21.3. The van der Waals surface area contributed by atoms with Crippen molar-refractivity contribution in [3.8, 4) is 23.1 Å². The van der Waals surface area contributed by atoms with Crippen molar-refractivity contribution >= 4 is 22.7 Å². The number of nitrogens with zero attached hydrogens (tertiary/aromatic N) is 5. The molecule has 6 rings (SSSR count). The lowest BCUT2D eigenvalue weighted by atomic mass is 9.92. The lowest BCUT2D eigenvalue weighted by Gasteiger charge is -2.30. The highest BCUT2D eigenvalue weighted by Gasteiger charge is 2.31. The summed E-state index contributed by atoms with van der Waals surface area (Å²) >= 11 is 0. The first-order chi connectivity index (χ1) is 18.6. The second-order valence-electron chi connectivity index (χ2n) is 10.1. The first-order valence-electron chi connectivity index (χ1n) is 13.2. The number of anilines is 1. The molecule has 0 unspecified atom stereocenters. The Kier molecular flexibility index (Phi) is 6.46. The molecular formula is C29H30N6O3. The highest BCUT2D eigenvalue weighted by Crippen LogP contribution is 2.43. The normalized spacial score (nSPS) is 16.0. The minimum Gasteiger partial charge on any atom is -0.492 e. The smallest absolute Gasteiger partial charge is 0.411 e. The van der Waals surface area contributed by atoms with Crippen LogP contribution < -0.4 is 10.1 Å². The highest BCUT2D eigenvalue weighted by atomic mass is 16.6. The molecule has 1 N–H and O–H groups in total. The Morgan fingerprint density at radius 3 is 2.66 bits per heavy atom. The van der Waals surface area contributed by atoms with Gasteiger partial charge in [0.15, 0.2) is 0 Å². The van der Waals surface area contributed by atoms with Gasteiger partial charge in [-0.3, -0.25) is 5.32 Å². The quantitative estimate of drug-likeness (QED) is 0.299. The van der Waals surface area contributed by atoms with Crippen LogP contribution in [0.4, 0.5) is 10.5 Å². The third kappa shape index (κ3) is 4.82. The van der Waals surface area contributed by atoms with Crippen LogP contribution in [0.15, 0.2) is 55.1 Å². The van der Waals surface area contributed by atoms with E-state index in [1.807, 2.05) is 43.3 Å². The van der Waals surface area contributed by atoms with Crippen LogP contribution in [0.3, 0.4) is 0 Å². The molecule has 0 radical (unpaired) electrons. The first-order valence-corrected chi connectivity index (χ1v) is 13.2. The van der Waals surface area contributed by atoms with Crippen molar-refractivity contribution < 1.29 is 14.3 Å². The third-order valence-electron chi connectivity index (χ3n) is 7.57. The van der Waals surface area contributed by atoms with Crippen LogP contribution in [0.2, 0.25) is 0 Å². The van der Waals surface area contributed by atoms with Crippen molar-refractivity contribution in [3.05, 3.63) is 60.7 Å². The molecular weight excluding hydrogens is 480 g/mol. The van der Waals surface area contributed by atoms with Crippen LogP contribution in [-0.4, -0.2) is 38.1 Å². The minimum atomic E-state index is -0.435. The molecule has 2 aliphatic rings. The summed E-state index contributed by atoms with van der Waals surface area (Å²) in [5.41, 5.74) is 4.17. The zero-order chi connectivity index (χ0) is 26.1. The van der Waals surface area contributed by atoms with Crippen LogP contribution >= 0.6 is 0 Å². The van der Waals surface area contributed by atoms with Crippen molar-refractivity contribution in [2.24, 2.45) is 5.92 Å². The standard InChI is InChI=1S/C29H30N6O3/c1-19(20-5-6-20)38-29(36)33-22-9-7-21(8-10-22)28-26(16-30)25-15-24(37-14-13-34-18-31-17-32-34)11-12-27(25)35(28)23-3-2-4-23/h7-12,15,17-20,23H,2-6,13-14H2,1H3,(H,33,36)/t19-/m1/s1. The molecule has 1 atom stereocenters. The van der Waals surface area contributed by atoms with Gasteiger partial charge < -0.3 is 14.0 Å². The number of benzene rings is 2. The molecule has 2 aromatic carbocycles. The molecule has 2 heterocycles. The number of nitrogens with one attached hydrogen (secondary N) is 1. The van der Waals surface area contributed by atoms with E-state index < -0.39 is 6.09 Å². The number of nitriles is 1. The van der Waals surface area contributed by atoms with Crippen molar-refractivity contribution in [3.63, 3.8) is 0 Å². The highest BCUT2D eigenvalue weighted by molar-refractivity contribution is 5.96. The number of carbonyl (C=O) groups excluding carboxylic acids is 1. The molecule has 9 nitrogen and oxygen atoms in total. The fraction of sp³-hybridized carbons (Fsp3) is 0.379. The fourth-order valence-corrected chi connectivity index (χ4v) is 5.10. The second-order valence-corrected chi connectivity index (χ2v) is 10.1. The number of hydrogen-bond donors (Lipinski definition) is 1. The van der Waals surface area contributed by atoms with Crippen molar-refractivity contribution in [1.29, 1.82) is 5.26 Å². The van der Waals surface area contributed by atoms with Crippen LogP contribution in [0, 0.1) is 17.2 Å². The molecule has 1 amide bonds. The predicted molar refractivity (Wildman–Crippen MR) is 143 cm³/mol. The summed E-state index contributed by atoms with van der Waals surface area (Å²) in [5.74, 6) is 1.20. The molecule has 0 saturated heterocycles. The van der Waals surface area contributed by atoms with E-state index in [1.165, 1.54) is 12.7 Å². The molecule has 0 bridgehead atoms. The van der Waals surface area contributed by atoms with Gasteiger partial charge in [-0.2, -0.15) is 10.4 Å². The summed E-state index contributed by atoms with van der Waals surface area (Å²) < 4.78 is 15.5. The van der Waals surface area contributed by atoms with Gasteiger partial charge in [0.2, 0.25) is 0 Å². The molecule has 2 aromatic heterocycles. The molecule has 4 aromatic rings. The number of fused-ring (bicyclic) bond motifs is 1. The Balaban J connectivity index is 1.27. The van der Waals surface area contributed by atoms with E-state index in [0.717, 1.165) is 47.8 Å². The molecule has 38 heavy (non-hydrogen) atoms. The summed E-state index contributed by atoms with van der Waals surface area (Å²) in [7, 11) is 0. The average molecular weight is 511 g/mol. The van der Waals surface area contributed by atoms with Crippen LogP contribution in [-0.2, 0) is 11.3 Å². The van der Waals surface area contributed by atoms with Gasteiger partial charge in [0.25, 0.3) is 0 Å². The van der Waals surface area contributed by atoms with E-state index >= 15 is 0 Å². The lowest BCUT2D eigenvalue weighted by Crippen LogP contribution is -2.21. The fourth-order valence-electron chi connectivity index (χ4n) is 5.10. The number of rotatable bonds is 9. The average Bonchev–Trinajstić information content (AvgIpc) is 3.53. The van der Waals surface area contributed by atoms with Gasteiger partial charge in [-0.1, -0.05) is 12.1 Å². The Bertz CT molecular complexity index is 1480. The molecule has 194 valence electrons. The Morgan fingerprint density at radius 1 is 1.18 bits per heavy atom. The van der Waals surface area contributed by atoms with E-state index in [0.29, 0.717) is 42.1 Å². The van der Waals surface area contributed by atoms with Crippen LogP contribution in [0.5, 0.6) is 5.75 Å². The van der Waals surface area contributed by atoms with E-state index in [1.54, 1.807) is 11.0 Å². The zero-order valence-electron chi connectivity index (χ0n) is 21.3. The maximum atomic E-state index is 12.3. The SMILES string of the molecule is C[C@@H](OC(=O)Nc1ccc(-c2c(C#N)c3cc(OCCn4cncn4)ccc3n2C2CCC2)cc1)C1CC1. The van der Waals surface area contributed by atoms with Crippen LogP contribution in [0.25, 0.3) is 22.2 Å². The van der Waals surface area contributed by atoms with Gasteiger partial charge >= 0.3 is 6.09 Å². The number of carbonyl (C=O) groups is 1. The summed E-state index contributed by atoms with van der Waals surface area (Å²) in [6.45, 7) is 2.98. The van der Waals surface area contributed by atoms with E-state index in [9.17, 15) is 10.1 Å². The van der Waals surface area contributed by atoms with Crippen molar-refractivity contribution in [1.82, 2.24) is 19.3 Å². The van der Waals surface area contributed by atoms with Gasteiger partial charge in [-0.25, -0.2) is 14.5 Å². The summed E-state index contributed by atoms with van der Waals surface area (Å²) in [6, 6.07) is 16.4.